The van der Waals surface area contributed by atoms with Crippen LogP contribution in [-0.4, -0.2) is 57.5 Å². The van der Waals surface area contributed by atoms with Crippen LogP contribution in [0.25, 0.3) is 0 Å². The molecule has 0 amide bonds. The first-order valence-corrected chi connectivity index (χ1v) is 7.43. The van der Waals surface area contributed by atoms with Gasteiger partial charge in [0.15, 0.2) is 6.04 Å². The molecule has 6 heteroatoms. The van der Waals surface area contributed by atoms with Gasteiger partial charge in [-0.3, -0.25) is 4.79 Å². The molecule has 0 aromatic heterocycles. The van der Waals surface area contributed by atoms with E-state index < -0.39 is 6.04 Å². The van der Waals surface area contributed by atoms with Crippen LogP contribution in [0.5, 0.6) is 0 Å². The van der Waals surface area contributed by atoms with Crippen molar-refractivity contribution in [1.82, 2.24) is 0 Å². The summed E-state index contributed by atoms with van der Waals surface area (Å²) in [5.74, 6) is -0.638. The highest BCUT2D eigenvalue weighted by molar-refractivity contribution is 5.81. The molecule has 1 N–H and O–H groups in total. The molecule has 0 aliphatic carbocycles. The molecule has 1 aliphatic heterocycles. The summed E-state index contributed by atoms with van der Waals surface area (Å²) < 4.78 is 15.6. The number of hydrogen-bond acceptors (Lipinski definition) is 5. The van der Waals surface area contributed by atoms with Crippen molar-refractivity contribution in [3.05, 3.63) is 0 Å². The van der Waals surface area contributed by atoms with Gasteiger partial charge in [0.2, 0.25) is 0 Å². The van der Waals surface area contributed by atoms with Crippen molar-refractivity contribution >= 4 is 11.9 Å². The standard InChI is InChI=1S/C14H25NO5/c1-3-7-19-13(16)11-12(14(17)20-8-4-2)15-5-9-18-10-6-15/h12H,3-11H2,1-2H3/p+1/t12-/m0/s1. The lowest BCUT2D eigenvalue weighted by Crippen LogP contribution is -3.18. The topological polar surface area (TPSA) is 66.3 Å². The van der Waals surface area contributed by atoms with E-state index in [1.165, 1.54) is 0 Å². The third-order valence-corrected chi connectivity index (χ3v) is 3.20. The molecule has 0 saturated carbocycles. The van der Waals surface area contributed by atoms with Crippen LogP contribution >= 0.6 is 0 Å². The second-order valence-corrected chi connectivity index (χ2v) is 4.92. The Morgan fingerprint density at radius 1 is 1.10 bits per heavy atom. The number of morpholine rings is 1. The summed E-state index contributed by atoms with van der Waals surface area (Å²) in [6.07, 6.45) is 1.64. The predicted molar refractivity (Wildman–Crippen MR) is 72.4 cm³/mol. The molecule has 20 heavy (non-hydrogen) atoms. The molecule has 1 aliphatic rings. The molecule has 6 nitrogen and oxygen atoms in total. The molecule has 0 radical (unpaired) electrons. The first-order chi connectivity index (χ1) is 9.69. The number of rotatable bonds is 8. The monoisotopic (exact) mass is 288 g/mol. The predicted octanol–water partition coefficient (Wildman–Crippen LogP) is -0.433. The Bertz CT molecular complexity index is 302. The molecular formula is C14H26NO5+. The van der Waals surface area contributed by atoms with Crippen molar-refractivity contribution in [1.29, 1.82) is 0 Å². The van der Waals surface area contributed by atoms with Crippen LogP contribution in [0, 0.1) is 0 Å². The molecule has 0 aromatic carbocycles. The van der Waals surface area contributed by atoms with E-state index in [1.54, 1.807) is 0 Å². The van der Waals surface area contributed by atoms with E-state index >= 15 is 0 Å². The zero-order valence-corrected chi connectivity index (χ0v) is 12.5. The molecule has 116 valence electrons. The maximum atomic E-state index is 12.1. The highest BCUT2D eigenvalue weighted by Crippen LogP contribution is 1.98. The lowest BCUT2D eigenvalue weighted by Gasteiger charge is -2.29. The number of quaternary nitrogens is 1. The Balaban J connectivity index is 2.57. The van der Waals surface area contributed by atoms with Gasteiger partial charge in [-0.05, 0) is 12.8 Å². The second kappa shape index (κ2) is 9.72. The Kier molecular flexibility index (Phi) is 8.22. The minimum Gasteiger partial charge on any atom is -0.466 e. The van der Waals surface area contributed by atoms with Gasteiger partial charge in [-0.1, -0.05) is 13.8 Å². The molecule has 0 aromatic rings. The van der Waals surface area contributed by atoms with Crippen LogP contribution < -0.4 is 4.90 Å². The molecule has 1 atom stereocenters. The lowest BCUT2D eigenvalue weighted by molar-refractivity contribution is -0.923. The van der Waals surface area contributed by atoms with Crippen LogP contribution in [0.1, 0.15) is 33.1 Å². The van der Waals surface area contributed by atoms with Gasteiger partial charge in [0.25, 0.3) is 0 Å². The van der Waals surface area contributed by atoms with Crippen molar-refractivity contribution in [2.45, 2.75) is 39.2 Å². The van der Waals surface area contributed by atoms with Crippen LogP contribution in [0.4, 0.5) is 0 Å². The first kappa shape index (κ1) is 16.9. The van der Waals surface area contributed by atoms with Crippen molar-refractivity contribution in [2.24, 2.45) is 0 Å². The van der Waals surface area contributed by atoms with Gasteiger partial charge in [0.1, 0.15) is 19.5 Å². The molecule has 1 rings (SSSR count). The number of nitrogens with one attached hydrogen (secondary N) is 1. The zero-order chi connectivity index (χ0) is 14.8. The Labute approximate surface area is 120 Å². The number of hydrogen-bond donors (Lipinski definition) is 1. The minimum absolute atomic E-state index is 0.0812. The van der Waals surface area contributed by atoms with Crippen molar-refractivity contribution in [2.75, 3.05) is 39.5 Å². The summed E-state index contributed by atoms with van der Waals surface area (Å²) in [6, 6.07) is -0.477. The number of ether oxygens (including phenoxy) is 3. The molecule has 1 fully saturated rings. The van der Waals surface area contributed by atoms with E-state index in [4.69, 9.17) is 14.2 Å². The third-order valence-electron chi connectivity index (χ3n) is 3.20. The number of esters is 2. The van der Waals surface area contributed by atoms with E-state index in [0.717, 1.165) is 17.7 Å². The average Bonchev–Trinajstić information content (AvgIpc) is 2.49. The molecular weight excluding hydrogens is 262 g/mol. The van der Waals surface area contributed by atoms with Gasteiger partial charge in [-0.25, -0.2) is 4.79 Å². The highest BCUT2D eigenvalue weighted by Gasteiger charge is 2.35. The molecule has 0 spiro atoms. The summed E-state index contributed by atoms with van der Waals surface area (Å²) in [5.41, 5.74) is 0. The summed E-state index contributed by atoms with van der Waals surface area (Å²) >= 11 is 0. The SMILES string of the molecule is CCCOC(=O)C[C@@H](C(=O)OCCC)[NH+]1CCOCC1. The fourth-order valence-electron chi connectivity index (χ4n) is 2.12. The number of carbonyl (C=O) groups is 2. The average molecular weight is 288 g/mol. The van der Waals surface area contributed by atoms with Gasteiger partial charge in [-0.2, -0.15) is 0 Å². The lowest BCUT2D eigenvalue weighted by atomic mass is 10.1. The van der Waals surface area contributed by atoms with Crippen molar-refractivity contribution < 1.29 is 28.7 Å². The van der Waals surface area contributed by atoms with Crippen molar-refractivity contribution in [3.8, 4) is 0 Å². The number of carbonyl (C=O) groups excluding carboxylic acids is 2. The summed E-state index contributed by atoms with van der Waals surface area (Å²) in [4.78, 5) is 24.9. The molecule has 0 bridgehead atoms. The van der Waals surface area contributed by atoms with Gasteiger partial charge in [0, 0.05) is 0 Å². The Morgan fingerprint density at radius 2 is 1.70 bits per heavy atom. The van der Waals surface area contributed by atoms with E-state index in [2.05, 4.69) is 0 Å². The van der Waals surface area contributed by atoms with Crippen LogP contribution in [0.2, 0.25) is 0 Å². The highest BCUT2D eigenvalue weighted by atomic mass is 16.5. The fraction of sp³-hybridized carbons (Fsp3) is 0.857. The molecule has 0 unspecified atom stereocenters. The first-order valence-electron chi connectivity index (χ1n) is 7.43. The van der Waals surface area contributed by atoms with Crippen LogP contribution in [0.3, 0.4) is 0 Å². The summed E-state index contributed by atoms with van der Waals surface area (Å²) in [6.45, 7) is 7.32. The summed E-state index contributed by atoms with van der Waals surface area (Å²) in [5, 5.41) is 0. The van der Waals surface area contributed by atoms with E-state index in [-0.39, 0.29) is 18.4 Å². The largest absolute Gasteiger partial charge is 0.466 e. The second-order valence-electron chi connectivity index (χ2n) is 4.92. The fourth-order valence-corrected chi connectivity index (χ4v) is 2.12. The molecule has 1 heterocycles. The van der Waals surface area contributed by atoms with Gasteiger partial charge in [-0.15, -0.1) is 0 Å². The van der Waals surface area contributed by atoms with Crippen LogP contribution in [0.15, 0.2) is 0 Å². The van der Waals surface area contributed by atoms with Gasteiger partial charge in [0.05, 0.1) is 26.4 Å². The molecule has 1 saturated heterocycles. The third kappa shape index (κ3) is 5.88. The quantitative estimate of drug-likeness (QED) is 0.614. The zero-order valence-electron chi connectivity index (χ0n) is 12.5. The van der Waals surface area contributed by atoms with Gasteiger partial charge >= 0.3 is 11.9 Å². The summed E-state index contributed by atoms with van der Waals surface area (Å²) in [7, 11) is 0. The maximum absolute atomic E-state index is 12.1. The van der Waals surface area contributed by atoms with E-state index in [1.807, 2.05) is 13.8 Å². The Hall–Kier alpha value is -1.14. The van der Waals surface area contributed by atoms with Crippen LogP contribution in [-0.2, 0) is 23.8 Å². The van der Waals surface area contributed by atoms with E-state index in [9.17, 15) is 9.59 Å². The minimum atomic E-state index is -0.477. The van der Waals surface area contributed by atoms with Crippen molar-refractivity contribution in [3.63, 3.8) is 0 Å². The smallest absolute Gasteiger partial charge is 0.365 e. The van der Waals surface area contributed by atoms with Gasteiger partial charge < -0.3 is 19.1 Å². The van der Waals surface area contributed by atoms with E-state index in [0.29, 0.717) is 39.5 Å². The Morgan fingerprint density at radius 3 is 2.30 bits per heavy atom. The maximum Gasteiger partial charge on any atom is 0.365 e. The normalized spacial score (nSPS) is 17.5.